The lowest BCUT2D eigenvalue weighted by Crippen LogP contribution is -2.22. The number of nitrogens with zero attached hydrogens (tertiary/aromatic N) is 2. The minimum absolute atomic E-state index is 0.135. The molecule has 0 aliphatic rings. The van der Waals surface area contributed by atoms with Gasteiger partial charge in [0.1, 0.15) is 5.75 Å². The standard InChI is InChI=1S/C19H19N3O3/c1-3-17-21-18(22-25-17)14-6-8-15(9-7-14)19(23)20-12-13-4-10-16(24-2)11-5-13/h4-11H,3,12H2,1-2H3,(H,20,23). The second-order valence-corrected chi connectivity index (χ2v) is 5.47. The molecule has 0 bridgehead atoms. The molecule has 0 saturated heterocycles. The Labute approximate surface area is 145 Å². The predicted molar refractivity (Wildman–Crippen MR) is 93.3 cm³/mol. The van der Waals surface area contributed by atoms with E-state index in [9.17, 15) is 4.79 Å². The van der Waals surface area contributed by atoms with Crippen LogP contribution in [0.4, 0.5) is 0 Å². The molecule has 0 atom stereocenters. The molecule has 1 aromatic heterocycles. The highest BCUT2D eigenvalue weighted by molar-refractivity contribution is 5.94. The fourth-order valence-electron chi connectivity index (χ4n) is 2.31. The molecular weight excluding hydrogens is 318 g/mol. The lowest BCUT2D eigenvalue weighted by molar-refractivity contribution is 0.0951. The summed E-state index contributed by atoms with van der Waals surface area (Å²) in [7, 11) is 1.62. The van der Waals surface area contributed by atoms with E-state index in [0.29, 0.717) is 30.2 Å². The maximum atomic E-state index is 12.3. The Morgan fingerprint density at radius 3 is 2.44 bits per heavy atom. The smallest absolute Gasteiger partial charge is 0.251 e. The molecule has 3 aromatic rings. The number of carbonyl (C=O) groups excluding carboxylic acids is 1. The SMILES string of the molecule is CCc1nc(-c2ccc(C(=O)NCc3ccc(OC)cc3)cc2)no1. The first kappa shape index (κ1) is 16.7. The largest absolute Gasteiger partial charge is 0.497 e. The number of aromatic nitrogens is 2. The second-order valence-electron chi connectivity index (χ2n) is 5.47. The first-order valence-electron chi connectivity index (χ1n) is 8.03. The molecule has 6 heteroatoms. The molecule has 0 fully saturated rings. The molecular formula is C19H19N3O3. The Morgan fingerprint density at radius 2 is 1.84 bits per heavy atom. The van der Waals surface area contributed by atoms with Gasteiger partial charge in [-0.2, -0.15) is 4.98 Å². The molecule has 128 valence electrons. The summed E-state index contributed by atoms with van der Waals surface area (Å²) in [6.45, 7) is 2.41. The molecule has 1 amide bonds. The van der Waals surface area contributed by atoms with E-state index in [4.69, 9.17) is 9.26 Å². The molecule has 1 heterocycles. The summed E-state index contributed by atoms with van der Waals surface area (Å²) in [6, 6.07) is 14.7. The van der Waals surface area contributed by atoms with Crippen LogP contribution in [0.25, 0.3) is 11.4 Å². The van der Waals surface area contributed by atoms with Crippen LogP contribution < -0.4 is 10.1 Å². The number of rotatable bonds is 6. The molecule has 3 rings (SSSR count). The second kappa shape index (κ2) is 7.61. The van der Waals surface area contributed by atoms with E-state index in [2.05, 4.69) is 15.5 Å². The molecule has 0 aliphatic carbocycles. The van der Waals surface area contributed by atoms with E-state index in [1.807, 2.05) is 43.3 Å². The van der Waals surface area contributed by atoms with Gasteiger partial charge in [0.2, 0.25) is 11.7 Å². The van der Waals surface area contributed by atoms with Gasteiger partial charge in [-0.1, -0.05) is 36.3 Å². The predicted octanol–water partition coefficient (Wildman–Crippen LogP) is 3.24. The first-order valence-corrected chi connectivity index (χ1v) is 8.03. The van der Waals surface area contributed by atoms with Crippen LogP contribution >= 0.6 is 0 Å². The quantitative estimate of drug-likeness (QED) is 0.747. The molecule has 6 nitrogen and oxygen atoms in total. The van der Waals surface area contributed by atoms with E-state index in [1.54, 1.807) is 19.2 Å². The average molecular weight is 337 g/mol. The van der Waals surface area contributed by atoms with E-state index in [-0.39, 0.29) is 5.91 Å². The maximum Gasteiger partial charge on any atom is 0.251 e. The summed E-state index contributed by atoms with van der Waals surface area (Å²) in [5, 5.41) is 6.82. The molecule has 2 aromatic carbocycles. The van der Waals surface area contributed by atoms with Gasteiger partial charge in [-0.3, -0.25) is 4.79 Å². The summed E-state index contributed by atoms with van der Waals surface area (Å²) in [4.78, 5) is 16.5. The van der Waals surface area contributed by atoms with Crippen LogP contribution in [0.5, 0.6) is 5.75 Å². The highest BCUT2D eigenvalue weighted by Gasteiger charge is 2.09. The fraction of sp³-hybridized carbons (Fsp3) is 0.211. The Kier molecular flexibility index (Phi) is 5.09. The molecule has 0 saturated carbocycles. The third-order valence-electron chi connectivity index (χ3n) is 3.79. The van der Waals surface area contributed by atoms with E-state index in [1.165, 1.54) is 0 Å². The van der Waals surface area contributed by atoms with Gasteiger partial charge < -0.3 is 14.6 Å². The van der Waals surface area contributed by atoms with Crippen molar-refractivity contribution in [2.24, 2.45) is 0 Å². The van der Waals surface area contributed by atoms with Gasteiger partial charge in [-0.05, 0) is 29.8 Å². The van der Waals surface area contributed by atoms with Gasteiger partial charge >= 0.3 is 0 Å². The molecule has 0 spiro atoms. The number of nitrogens with one attached hydrogen (secondary N) is 1. The van der Waals surface area contributed by atoms with Crippen molar-refractivity contribution in [1.29, 1.82) is 0 Å². The Balaban J connectivity index is 1.61. The normalized spacial score (nSPS) is 10.5. The number of amides is 1. The van der Waals surface area contributed by atoms with E-state index < -0.39 is 0 Å². The van der Waals surface area contributed by atoms with Crippen LogP contribution in [0, 0.1) is 0 Å². The van der Waals surface area contributed by atoms with Crippen LogP contribution in [0.3, 0.4) is 0 Å². The van der Waals surface area contributed by atoms with Crippen molar-refractivity contribution in [3.63, 3.8) is 0 Å². The Bertz CT molecular complexity index is 839. The van der Waals surface area contributed by atoms with Gasteiger partial charge in [-0.25, -0.2) is 0 Å². The molecule has 0 aliphatic heterocycles. The van der Waals surface area contributed by atoms with Crippen LogP contribution in [0.1, 0.15) is 28.7 Å². The number of carbonyl (C=O) groups is 1. The van der Waals surface area contributed by atoms with Crippen molar-refractivity contribution in [2.45, 2.75) is 19.9 Å². The van der Waals surface area contributed by atoms with Crippen LogP contribution in [0.15, 0.2) is 53.1 Å². The van der Waals surface area contributed by atoms with Crippen molar-refractivity contribution in [2.75, 3.05) is 7.11 Å². The lowest BCUT2D eigenvalue weighted by atomic mass is 10.1. The monoisotopic (exact) mass is 337 g/mol. The van der Waals surface area contributed by atoms with Gasteiger partial charge in [0, 0.05) is 24.1 Å². The number of aryl methyl sites for hydroxylation is 1. The lowest BCUT2D eigenvalue weighted by Gasteiger charge is -2.07. The van der Waals surface area contributed by atoms with E-state index >= 15 is 0 Å². The van der Waals surface area contributed by atoms with Crippen molar-refractivity contribution >= 4 is 5.91 Å². The molecule has 0 radical (unpaired) electrons. The fourth-order valence-corrected chi connectivity index (χ4v) is 2.31. The molecule has 1 N–H and O–H groups in total. The number of hydrogen-bond donors (Lipinski definition) is 1. The average Bonchev–Trinajstić information content (AvgIpc) is 3.16. The van der Waals surface area contributed by atoms with E-state index in [0.717, 1.165) is 16.9 Å². The van der Waals surface area contributed by atoms with Gasteiger partial charge in [0.15, 0.2) is 0 Å². The maximum absolute atomic E-state index is 12.3. The minimum atomic E-state index is -0.135. The van der Waals surface area contributed by atoms with Crippen LogP contribution in [-0.4, -0.2) is 23.2 Å². The number of benzene rings is 2. The summed E-state index contributed by atoms with van der Waals surface area (Å²) in [5.74, 6) is 1.78. The topological polar surface area (TPSA) is 77.2 Å². The summed E-state index contributed by atoms with van der Waals surface area (Å²) < 4.78 is 10.2. The molecule has 0 unspecified atom stereocenters. The Morgan fingerprint density at radius 1 is 1.12 bits per heavy atom. The van der Waals surface area contributed by atoms with Crippen molar-refractivity contribution < 1.29 is 14.1 Å². The van der Waals surface area contributed by atoms with Gasteiger partial charge in [0.25, 0.3) is 5.91 Å². The molecule has 25 heavy (non-hydrogen) atoms. The third-order valence-corrected chi connectivity index (χ3v) is 3.79. The van der Waals surface area contributed by atoms with Crippen molar-refractivity contribution in [3.8, 4) is 17.1 Å². The Hall–Kier alpha value is -3.15. The minimum Gasteiger partial charge on any atom is -0.497 e. The van der Waals surface area contributed by atoms with Crippen LogP contribution in [0.2, 0.25) is 0 Å². The zero-order chi connectivity index (χ0) is 17.6. The summed E-state index contributed by atoms with van der Waals surface area (Å²) in [6.07, 6.45) is 0.693. The number of ether oxygens (including phenoxy) is 1. The highest BCUT2D eigenvalue weighted by Crippen LogP contribution is 2.17. The summed E-state index contributed by atoms with van der Waals surface area (Å²) >= 11 is 0. The number of hydrogen-bond acceptors (Lipinski definition) is 5. The summed E-state index contributed by atoms with van der Waals surface area (Å²) in [5.41, 5.74) is 2.40. The van der Waals surface area contributed by atoms with Crippen molar-refractivity contribution in [1.82, 2.24) is 15.5 Å². The van der Waals surface area contributed by atoms with Crippen molar-refractivity contribution in [3.05, 3.63) is 65.5 Å². The zero-order valence-electron chi connectivity index (χ0n) is 14.2. The number of methoxy groups -OCH3 is 1. The first-order chi connectivity index (χ1) is 12.2. The van der Waals surface area contributed by atoms with Gasteiger partial charge in [-0.15, -0.1) is 0 Å². The third kappa shape index (κ3) is 4.03. The zero-order valence-corrected chi connectivity index (χ0v) is 14.2. The van der Waals surface area contributed by atoms with Gasteiger partial charge in [0.05, 0.1) is 7.11 Å². The van der Waals surface area contributed by atoms with Crippen LogP contribution in [-0.2, 0) is 13.0 Å². The highest BCUT2D eigenvalue weighted by atomic mass is 16.5.